The van der Waals surface area contributed by atoms with Crippen molar-refractivity contribution in [3.8, 4) is 11.5 Å². The number of hydrogen-bond acceptors (Lipinski definition) is 4. The number of nitrogens with two attached hydrogens (primary N) is 1. The normalized spacial score (nSPS) is 20.0. The zero-order chi connectivity index (χ0) is 16.4. The Balaban J connectivity index is 1.69. The Labute approximate surface area is 138 Å². The maximum atomic E-state index is 12.2. The SMILES string of the molecule is NC(=O)C1CCN(C(=O)/C=C/c2cc(Cl)c3c(c2)OCCO3)C1. The molecule has 2 aliphatic heterocycles. The van der Waals surface area contributed by atoms with Gasteiger partial charge in [-0.3, -0.25) is 9.59 Å². The third-order valence-corrected chi connectivity index (χ3v) is 4.22. The van der Waals surface area contributed by atoms with E-state index in [0.717, 1.165) is 5.56 Å². The van der Waals surface area contributed by atoms with Gasteiger partial charge in [-0.2, -0.15) is 0 Å². The molecule has 0 radical (unpaired) electrons. The van der Waals surface area contributed by atoms with Crippen molar-refractivity contribution in [2.45, 2.75) is 6.42 Å². The molecule has 2 amide bonds. The Morgan fingerprint density at radius 1 is 1.30 bits per heavy atom. The van der Waals surface area contributed by atoms with Gasteiger partial charge in [0.1, 0.15) is 13.2 Å². The van der Waals surface area contributed by atoms with Gasteiger partial charge in [0, 0.05) is 19.2 Å². The topological polar surface area (TPSA) is 81.9 Å². The van der Waals surface area contributed by atoms with Crippen molar-refractivity contribution in [1.29, 1.82) is 0 Å². The molecule has 0 aromatic heterocycles. The number of hydrogen-bond donors (Lipinski definition) is 1. The molecule has 23 heavy (non-hydrogen) atoms. The highest BCUT2D eigenvalue weighted by atomic mass is 35.5. The van der Waals surface area contributed by atoms with Crippen molar-refractivity contribution in [2.75, 3.05) is 26.3 Å². The van der Waals surface area contributed by atoms with Crippen LogP contribution >= 0.6 is 11.6 Å². The van der Waals surface area contributed by atoms with Crippen LogP contribution in [0.5, 0.6) is 11.5 Å². The summed E-state index contributed by atoms with van der Waals surface area (Å²) in [4.78, 5) is 24.9. The Morgan fingerprint density at radius 3 is 2.83 bits per heavy atom. The lowest BCUT2D eigenvalue weighted by Gasteiger charge is -2.19. The van der Waals surface area contributed by atoms with Gasteiger partial charge < -0.3 is 20.1 Å². The van der Waals surface area contributed by atoms with Crippen molar-refractivity contribution < 1.29 is 19.1 Å². The van der Waals surface area contributed by atoms with Crippen molar-refractivity contribution in [3.05, 3.63) is 28.8 Å². The first-order valence-electron chi connectivity index (χ1n) is 7.40. The van der Waals surface area contributed by atoms with E-state index in [4.69, 9.17) is 26.8 Å². The first-order valence-corrected chi connectivity index (χ1v) is 7.78. The number of benzene rings is 1. The lowest BCUT2D eigenvalue weighted by atomic mass is 10.1. The molecule has 1 aromatic rings. The van der Waals surface area contributed by atoms with Crippen molar-refractivity contribution >= 4 is 29.5 Å². The number of nitrogens with zero attached hydrogens (tertiary/aromatic N) is 1. The Hall–Kier alpha value is -2.21. The van der Waals surface area contributed by atoms with Gasteiger partial charge in [0.15, 0.2) is 11.5 Å². The first kappa shape index (κ1) is 15.7. The summed E-state index contributed by atoms with van der Waals surface area (Å²) in [6.07, 6.45) is 3.75. The van der Waals surface area contributed by atoms with Crippen LogP contribution in [0.15, 0.2) is 18.2 Å². The van der Waals surface area contributed by atoms with Gasteiger partial charge in [0.2, 0.25) is 11.8 Å². The summed E-state index contributed by atoms with van der Waals surface area (Å²) in [5.41, 5.74) is 6.02. The van der Waals surface area contributed by atoms with Crippen LogP contribution in [0.4, 0.5) is 0 Å². The predicted octanol–water partition coefficient (Wildman–Crippen LogP) is 1.46. The Kier molecular flexibility index (Phi) is 4.43. The molecular weight excluding hydrogens is 320 g/mol. The number of primary amides is 1. The quantitative estimate of drug-likeness (QED) is 0.847. The van der Waals surface area contributed by atoms with E-state index in [1.54, 1.807) is 23.1 Å². The molecule has 0 aliphatic carbocycles. The largest absolute Gasteiger partial charge is 0.486 e. The molecule has 0 bridgehead atoms. The van der Waals surface area contributed by atoms with Crippen molar-refractivity contribution in [3.63, 3.8) is 0 Å². The molecule has 1 unspecified atom stereocenters. The monoisotopic (exact) mass is 336 g/mol. The van der Waals surface area contributed by atoms with Crippen LogP contribution in [0.2, 0.25) is 5.02 Å². The third-order valence-electron chi connectivity index (χ3n) is 3.94. The molecule has 7 heteroatoms. The van der Waals surface area contributed by atoms with Gasteiger partial charge in [-0.25, -0.2) is 0 Å². The van der Waals surface area contributed by atoms with Crippen LogP contribution in [-0.2, 0) is 9.59 Å². The predicted molar refractivity (Wildman–Crippen MR) is 85.4 cm³/mol. The van der Waals surface area contributed by atoms with Crippen LogP contribution in [0, 0.1) is 5.92 Å². The molecule has 0 saturated carbocycles. The van der Waals surface area contributed by atoms with E-state index in [-0.39, 0.29) is 17.7 Å². The summed E-state index contributed by atoms with van der Waals surface area (Å²) in [5.74, 6) is 0.342. The molecule has 3 rings (SSSR count). The Morgan fingerprint density at radius 2 is 2.09 bits per heavy atom. The van der Waals surface area contributed by atoms with Gasteiger partial charge in [0.05, 0.1) is 10.9 Å². The summed E-state index contributed by atoms with van der Waals surface area (Å²) in [6.45, 7) is 1.85. The molecule has 6 nitrogen and oxygen atoms in total. The van der Waals surface area contributed by atoms with Gasteiger partial charge in [-0.05, 0) is 30.2 Å². The fourth-order valence-electron chi connectivity index (χ4n) is 2.69. The van der Waals surface area contributed by atoms with Gasteiger partial charge in [-0.1, -0.05) is 11.6 Å². The highest BCUT2D eigenvalue weighted by molar-refractivity contribution is 6.32. The minimum absolute atomic E-state index is 0.153. The molecule has 1 fully saturated rings. The summed E-state index contributed by atoms with van der Waals surface area (Å²) >= 11 is 6.16. The zero-order valence-electron chi connectivity index (χ0n) is 12.5. The number of rotatable bonds is 3. The van der Waals surface area contributed by atoms with Crippen LogP contribution in [0.25, 0.3) is 6.08 Å². The van der Waals surface area contributed by atoms with Crippen LogP contribution in [0.3, 0.4) is 0 Å². The van der Waals surface area contributed by atoms with Crippen LogP contribution in [0.1, 0.15) is 12.0 Å². The fourth-order valence-corrected chi connectivity index (χ4v) is 2.97. The molecule has 2 N–H and O–H groups in total. The highest BCUT2D eigenvalue weighted by Gasteiger charge is 2.28. The highest BCUT2D eigenvalue weighted by Crippen LogP contribution is 2.38. The molecule has 1 saturated heterocycles. The van der Waals surface area contributed by atoms with E-state index < -0.39 is 0 Å². The minimum Gasteiger partial charge on any atom is -0.486 e. The number of amides is 2. The van der Waals surface area contributed by atoms with Crippen molar-refractivity contribution in [1.82, 2.24) is 4.90 Å². The summed E-state index contributed by atoms with van der Waals surface area (Å²) in [7, 11) is 0. The fraction of sp³-hybridized carbons (Fsp3) is 0.375. The number of ether oxygens (including phenoxy) is 2. The van der Waals surface area contributed by atoms with Gasteiger partial charge >= 0.3 is 0 Å². The number of halogens is 1. The average molecular weight is 337 g/mol. The van der Waals surface area contributed by atoms with E-state index in [1.165, 1.54) is 6.08 Å². The lowest BCUT2D eigenvalue weighted by Crippen LogP contribution is -2.30. The molecule has 1 aromatic carbocycles. The van der Waals surface area contributed by atoms with Crippen LogP contribution in [-0.4, -0.2) is 43.0 Å². The zero-order valence-corrected chi connectivity index (χ0v) is 13.2. The second-order valence-electron chi connectivity index (χ2n) is 5.53. The minimum atomic E-state index is -0.358. The standard InChI is InChI=1S/C16H17ClN2O4/c17-12-7-10(8-13-15(12)23-6-5-22-13)1-2-14(20)19-4-3-11(9-19)16(18)21/h1-2,7-8,11H,3-6,9H2,(H2,18,21)/b2-1+. The molecule has 122 valence electrons. The van der Waals surface area contributed by atoms with E-state index in [1.807, 2.05) is 0 Å². The smallest absolute Gasteiger partial charge is 0.246 e. The van der Waals surface area contributed by atoms with E-state index in [0.29, 0.717) is 49.2 Å². The maximum absolute atomic E-state index is 12.2. The number of likely N-dealkylation sites (tertiary alicyclic amines) is 1. The summed E-state index contributed by atoms with van der Waals surface area (Å²) < 4.78 is 11.0. The third kappa shape index (κ3) is 3.42. The average Bonchev–Trinajstić information content (AvgIpc) is 3.03. The molecular formula is C16H17ClN2O4. The first-order chi connectivity index (χ1) is 11.0. The Bertz CT molecular complexity index is 674. The second kappa shape index (κ2) is 6.50. The van der Waals surface area contributed by atoms with E-state index >= 15 is 0 Å². The van der Waals surface area contributed by atoms with Gasteiger partial charge in [-0.15, -0.1) is 0 Å². The lowest BCUT2D eigenvalue weighted by molar-refractivity contribution is -0.125. The van der Waals surface area contributed by atoms with E-state index in [9.17, 15) is 9.59 Å². The molecule has 1 atom stereocenters. The molecule has 2 heterocycles. The second-order valence-corrected chi connectivity index (χ2v) is 5.94. The van der Waals surface area contributed by atoms with E-state index in [2.05, 4.69) is 0 Å². The summed E-state index contributed by atoms with van der Waals surface area (Å²) in [6, 6.07) is 3.50. The number of fused-ring (bicyclic) bond motifs is 1. The van der Waals surface area contributed by atoms with Gasteiger partial charge in [0.25, 0.3) is 0 Å². The molecule has 2 aliphatic rings. The summed E-state index contributed by atoms with van der Waals surface area (Å²) in [5, 5.41) is 0.448. The van der Waals surface area contributed by atoms with Crippen molar-refractivity contribution in [2.24, 2.45) is 11.7 Å². The molecule has 0 spiro atoms. The maximum Gasteiger partial charge on any atom is 0.246 e. The van der Waals surface area contributed by atoms with Crippen LogP contribution < -0.4 is 15.2 Å². The number of carbonyl (C=O) groups excluding carboxylic acids is 2. The number of carbonyl (C=O) groups is 2.